The molecule has 2 aliphatic rings. The van der Waals surface area contributed by atoms with Gasteiger partial charge in [0.2, 0.25) is 5.03 Å². The van der Waals surface area contributed by atoms with Crippen LogP contribution in [0.3, 0.4) is 0 Å². The van der Waals surface area contributed by atoms with Crippen molar-refractivity contribution in [2.45, 2.75) is 0 Å². The Hall–Kier alpha value is -1.69. The van der Waals surface area contributed by atoms with Gasteiger partial charge in [0, 0.05) is 5.41 Å². The molecule has 2 aromatic rings. The van der Waals surface area contributed by atoms with E-state index in [0.717, 1.165) is 20.2 Å². The molecule has 5 heteroatoms. The van der Waals surface area contributed by atoms with E-state index in [1.807, 2.05) is 36.5 Å². The van der Waals surface area contributed by atoms with Crippen LogP contribution in [-0.2, 0) is 0 Å². The van der Waals surface area contributed by atoms with Crippen LogP contribution in [0.1, 0.15) is 0 Å². The lowest BCUT2D eigenvalue weighted by Crippen LogP contribution is -2.51. The number of thiophene rings is 1. The third-order valence-corrected chi connectivity index (χ3v) is 6.03. The first-order valence-corrected chi connectivity index (χ1v) is 7.99. The Morgan fingerprint density at radius 2 is 2.00 bits per heavy atom. The van der Waals surface area contributed by atoms with E-state index in [4.69, 9.17) is 0 Å². The maximum atomic E-state index is 10.5. The van der Waals surface area contributed by atoms with Crippen LogP contribution in [-0.4, -0.2) is 16.7 Å². The number of hydrogen-bond acceptors (Lipinski definition) is 4. The molecule has 20 heavy (non-hydrogen) atoms. The highest BCUT2D eigenvalue weighted by Crippen LogP contribution is 2.37. The number of thioether (sulfide) groups is 1. The summed E-state index contributed by atoms with van der Waals surface area (Å²) in [6.45, 7) is 0. The Labute approximate surface area is 124 Å². The maximum Gasteiger partial charge on any atom is 0.218 e. The van der Waals surface area contributed by atoms with E-state index in [0.29, 0.717) is 10.3 Å². The van der Waals surface area contributed by atoms with E-state index < -0.39 is 0 Å². The minimum absolute atomic E-state index is 0.370. The van der Waals surface area contributed by atoms with Gasteiger partial charge >= 0.3 is 0 Å². The Morgan fingerprint density at radius 1 is 1.20 bits per heavy atom. The van der Waals surface area contributed by atoms with Gasteiger partial charge in [-0.3, -0.25) is 0 Å². The zero-order valence-corrected chi connectivity index (χ0v) is 12.5. The zero-order valence-electron chi connectivity index (χ0n) is 10.8. The van der Waals surface area contributed by atoms with Crippen LogP contribution in [0.15, 0.2) is 41.9 Å². The number of rotatable bonds is 1. The number of nitrogens with zero attached hydrogens (tertiary/aromatic N) is 1. The fourth-order valence-electron chi connectivity index (χ4n) is 2.47. The Bertz CT molecular complexity index is 839. The number of aromatic hydroxyl groups is 1. The molecule has 0 saturated heterocycles. The molecule has 1 aromatic carbocycles. The summed E-state index contributed by atoms with van der Waals surface area (Å²) in [4.78, 5) is 0.933. The second-order valence-corrected chi connectivity index (χ2v) is 6.86. The van der Waals surface area contributed by atoms with Crippen LogP contribution >= 0.6 is 23.1 Å². The molecule has 3 nitrogen and oxygen atoms in total. The van der Waals surface area contributed by atoms with Crippen LogP contribution in [0.5, 0.6) is 5.75 Å². The molecule has 4 rings (SSSR count). The van der Waals surface area contributed by atoms with Crippen LogP contribution < -0.4 is 15.2 Å². The van der Waals surface area contributed by atoms with Crippen molar-refractivity contribution in [3.05, 3.63) is 51.7 Å². The Kier molecular flexibility index (Phi) is 2.51. The summed E-state index contributed by atoms with van der Waals surface area (Å²) >= 11 is 3.37. The third kappa shape index (κ3) is 1.57. The molecule has 1 atom stereocenters. The first-order valence-electron chi connectivity index (χ1n) is 6.30. The summed E-state index contributed by atoms with van der Waals surface area (Å²) in [5, 5.41) is 14.7. The second-order valence-electron chi connectivity index (χ2n) is 4.95. The summed E-state index contributed by atoms with van der Waals surface area (Å²) < 4.78 is 1.73. The Morgan fingerprint density at radius 3 is 2.80 bits per heavy atom. The van der Waals surface area contributed by atoms with E-state index in [2.05, 4.69) is 24.1 Å². The second kappa shape index (κ2) is 4.15. The highest BCUT2D eigenvalue weighted by molar-refractivity contribution is 8.10. The van der Waals surface area contributed by atoms with Gasteiger partial charge in [-0.05, 0) is 17.3 Å². The fraction of sp³-hybridized carbons (Fsp3) is 0.0667. The van der Waals surface area contributed by atoms with Crippen molar-refractivity contribution in [3.63, 3.8) is 0 Å². The number of benzene rings is 1. The Balaban J connectivity index is 2.04. The minimum Gasteiger partial charge on any atom is -0.506 e. The smallest absolute Gasteiger partial charge is 0.218 e. The lowest BCUT2D eigenvalue weighted by Gasteiger charge is -2.27. The number of nitrogens with one attached hydrogen (secondary N) is 1. The molecule has 0 aliphatic carbocycles. The average molecular weight is 301 g/mol. The molecule has 1 unspecified atom stereocenters. The molecule has 0 saturated carbocycles. The van der Waals surface area contributed by atoms with E-state index in [9.17, 15) is 5.11 Å². The van der Waals surface area contributed by atoms with Gasteiger partial charge < -0.3 is 5.11 Å². The van der Waals surface area contributed by atoms with Crippen molar-refractivity contribution < 1.29 is 9.70 Å². The first-order chi connectivity index (χ1) is 9.69. The summed E-state index contributed by atoms with van der Waals surface area (Å²) in [5.74, 6) is 0.370. The number of hydrogen-bond donors (Lipinski definition) is 2. The molecule has 2 N–H and O–H groups in total. The SMILES string of the molecule is C[N+]12C=CSC1=c1sc(-c3ccccc3)c(O)c1=CN2. The molecule has 1 aromatic heterocycles. The predicted octanol–water partition coefficient (Wildman–Crippen LogP) is 2.11. The van der Waals surface area contributed by atoms with E-state index in [-0.39, 0.29) is 0 Å². The summed E-state index contributed by atoms with van der Waals surface area (Å²) in [5.41, 5.74) is 4.39. The van der Waals surface area contributed by atoms with Gasteiger partial charge in [0.25, 0.3) is 0 Å². The van der Waals surface area contributed by atoms with Crippen LogP contribution in [0.2, 0.25) is 0 Å². The standard InChI is InChI=1S/C15H12N2OS2/c1-17-7-8-19-15(17)14-11(9-16-17)12(18)13(20-14)10-5-3-2-4-6-10/h2-9,16H,1H3/p+1. The third-order valence-electron chi connectivity index (χ3n) is 3.59. The number of fused-ring (bicyclic) bond motifs is 2. The molecular weight excluding hydrogens is 288 g/mol. The summed E-state index contributed by atoms with van der Waals surface area (Å²) in [6.07, 6.45) is 4.02. The van der Waals surface area contributed by atoms with E-state index >= 15 is 0 Å². The van der Waals surface area contributed by atoms with Crippen molar-refractivity contribution in [1.29, 1.82) is 0 Å². The topological polar surface area (TPSA) is 32.3 Å². The molecule has 0 spiro atoms. The van der Waals surface area contributed by atoms with Crippen molar-refractivity contribution in [3.8, 4) is 16.2 Å². The van der Waals surface area contributed by atoms with Crippen LogP contribution in [0.4, 0.5) is 0 Å². The molecular formula is C15H13N2OS2+. The summed E-state index contributed by atoms with van der Waals surface area (Å²) in [6, 6.07) is 10.0. The molecule has 3 heterocycles. The van der Waals surface area contributed by atoms with Crippen LogP contribution in [0, 0.1) is 0 Å². The maximum absolute atomic E-state index is 10.5. The number of quaternary nitrogens is 1. The lowest BCUT2D eigenvalue weighted by molar-refractivity contribution is -0.819. The van der Waals surface area contributed by atoms with Gasteiger partial charge in [0.1, 0.15) is 23.5 Å². The van der Waals surface area contributed by atoms with Crippen molar-refractivity contribution in [2.75, 3.05) is 7.05 Å². The monoisotopic (exact) mass is 301 g/mol. The zero-order chi connectivity index (χ0) is 13.7. The highest BCUT2D eigenvalue weighted by atomic mass is 32.2. The van der Waals surface area contributed by atoms with Gasteiger partial charge in [-0.15, -0.1) is 11.3 Å². The first kappa shape index (κ1) is 12.1. The van der Waals surface area contributed by atoms with Crippen molar-refractivity contribution in [1.82, 2.24) is 5.43 Å². The van der Waals surface area contributed by atoms with Crippen molar-refractivity contribution in [2.24, 2.45) is 0 Å². The largest absolute Gasteiger partial charge is 0.506 e. The van der Waals surface area contributed by atoms with E-state index in [1.165, 1.54) is 5.03 Å². The van der Waals surface area contributed by atoms with Crippen LogP contribution in [0.25, 0.3) is 21.7 Å². The highest BCUT2D eigenvalue weighted by Gasteiger charge is 2.35. The minimum atomic E-state index is 0.370. The normalized spacial score (nSPS) is 22.9. The van der Waals surface area contributed by atoms with Gasteiger partial charge in [0.05, 0.1) is 16.3 Å². The fourth-order valence-corrected chi connectivity index (χ4v) is 4.93. The molecule has 0 amide bonds. The van der Waals surface area contributed by atoms with Gasteiger partial charge in [-0.2, -0.15) is 4.59 Å². The molecule has 100 valence electrons. The quantitative estimate of drug-likeness (QED) is 0.791. The molecule has 0 fully saturated rings. The van der Waals surface area contributed by atoms with Gasteiger partial charge in [0.15, 0.2) is 0 Å². The average Bonchev–Trinajstić information content (AvgIpc) is 3.00. The van der Waals surface area contributed by atoms with Gasteiger partial charge in [-0.25, -0.2) is 5.43 Å². The predicted molar refractivity (Wildman–Crippen MR) is 84.6 cm³/mol. The van der Waals surface area contributed by atoms with E-state index in [1.54, 1.807) is 23.1 Å². The lowest BCUT2D eigenvalue weighted by atomic mass is 10.2. The molecule has 0 radical (unpaired) electrons. The molecule has 0 bridgehead atoms. The molecule has 2 aliphatic heterocycles. The summed E-state index contributed by atoms with van der Waals surface area (Å²) in [7, 11) is 2.10. The van der Waals surface area contributed by atoms with Gasteiger partial charge in [-0.1, -0.05) is 30.3 Å². The van der Waals surface area contributed by atoms with Crippen molar-refractivity contribution >= 4 is 34.3 Å².